The average Bonchev–Trinajstić information content (AvgIpc) is 2.77. The summed E-state index contributed by atoms with van der Waals surface area (Å²) < 4.78 is 2.11. The summed E-state index contributed by atoms with van der Waals surface area (Å²) in [5.74, 6) is 0. The van der Waals surface area contributed by atoms with Crippen molar-refractivity contribution < 1.29 is 0 Å². The van der Waals surface area contributed by atoms with Crippen LogP contribution < -0.4 is 5.73 Å². The number of pyridine rings is 2. The summed E-state index contributed by atoms with van der Waals surface area (Å²) in [6.45, 7) is 3.24. The van der Waals surface area contributed by atoms with E-state index < -0.39 is 0 Å². The average molecular weight is 252 g/mol. The van der Waals surface area contributed by atoms with E-state index in [1.54, 1.807) is 0 Å². The minimum absolute atomic E-state index is 0.524. The molecule has 3 rings (SSSR count). The summed E-state index contributed by atoms with van der Waals surface area (Å²) in [5, 5.41) is 1.12. The largest absolute Gasteiger partial charge is 0.326 e. The van der Waals surface area contributed by atoms with Gasteiger partial charge in [-0.05, 0) is 36.8 Å². The SMILES string of the molecule is Cc1cccc(Cn2cc(CN)c3cccnc32)n1. The molecule has 0 atom stereocenters. The lowest BCUT2D eigenvalue weighted by atomic mass is 10.2. The minimum atomic E-state index is 0.524. The van der Waals surface area contributed by atoms with Crippen molar-refractivity contribution in [2.75, 3.05) is 0 Å². The van der Waals surface area contributed by atoms with Gasteiger partial charge >= 0.3 is 0 Å². The Hall–Kier alpha value is -2.20. The van der Waals surface area contributed by atoms with Gasteiger partial charge < -0.3 is 10.3 Å². The summed E-state index contributed by atoms with van der Waals surface area (Å²) in [5.41, 5.74) is 9.94. The van der Waals surface area contributed by atoms with Crippen molar-refractivity contribution in [1.82, 2.24) is 14.5 Å². The standard InChI is InChI=1S/C15H16N4/c1-11-4-2-5-13(18-11)10-19-9-12(8-16)14-6-3-7-17-15(14)19/h2-7,9H,8,10,16H2,1H3. The third-order valence-electron chi connectivity index (χ3n) is 3.21. The predicted octanol–water partition coefficient (Wildman–Crippen LogP) is 2.25. The Labute approximate surface area is 111 Å². The van der Waals surface area contributed by atoms with Crippen LogP contribution in [0.1, 0.15) is 17.0 Å². The first-order chi connectivity index (χ1) is 9.28. The molecule has 0 bridgehead atoms. The van der Waals surface area contributed by atoms with E-state index in [9.17, 15) is 0 Å². The normalized spacial score (nSPS) is 11.1. The van der Waals surface area contributed by atoms with E-state index in [-0.39, 0.29) is 0 Å². The van der Waals surface area contributed by atoms with Crippen molar-refractivity contribution in [3.63, 3.8) is 0 Å². The van der Waals surface area contributed by atoms with E-state index >= 15 is 0 Å². The maximum atomic E-state index is 5.79. The highest BCUT2D eigenvalue weighted by atomic mass is 15.0. The molecule has 0 saturated carbocycles. The Kier molecular flexibility index (Phi) is 3.01. The van der Waals surface area contributed by atoms with Crippen LogP contribution >= 0.6 is 0 Å². The van der Waals surface area contributed by atoms with Crippen LogP contribution in [-0.4, -0.2) is 14.5 Å². The highest BCUT2D eigenvalue weighted by Gasteiger charge is 2.08. The van der Waals surface area contributed by atoms with E-state index in [4.69, 9.17) is 5.73 Å². The van der Waals surface area contributed by atoms with Gasteiger partial charge in [-0.3, -0.25) is 4.98 Å². The van der Waals surface area contributed by atoms with Crippen molar-refractivity contribution in [2.45, 2.75) is 20.0 Å². The summed E-state index contributed by atoms with van der Waals surface area (Å²) >= 11 is 0. The third-order valence-corrected chi connectivity index (χ3v) is 3.21. The van der Waals surface area contributed by atoms with Crippen molar-refractivity contribution in [3.8, 4) is 0 Å². The van der Waals surface area contributed by atoms with Gasteiger partial charge in [0, 0.05) is 30.0 Å². The van der Waals surface area contributed by atoms with Gasteiger partial charge in [0.15, 0.2) is 0 Å². The van der Waals surface area contributed by atoms with Crippen molar-refractivity contribution in [2.24, 2.45) is 5.73 Å². The molecule has 3 heterocycles. The summed E-state index contributed by atoms with van der Waals surface area (Å²) in [4.78, 5) is 8.98. The maximum absolute atomic E-state index is 5.79. The summed E-state index contributed by atoms with van der Waals surface area (Å²) in [7, 11) is 0. The minimum Gasteiger partial charge on any atom is -0.326 e. The fraction of sp³-hybridized carbons (Fsp3) is 0.200. The van der Waals surface area contributed by atoms with Crippen LogP contribution in [0.5, 0.6) is 0 Å². The van der Waals surface area contributed by atoms with Crippen LogP contribution in [0.4, 0.5) is 0 Å². The Balaban J connectivity index is 2.06. The monoisotopic (exact) mass is 252 g/mol. The number of hydrogen-bond donors (Lipinski definition) is 1. The van der Waals surface area contributed by atoms with Gasteiger partial charge in [-0.25, -0.2) is 4.98 Å². The van der Waals surface area contributed by atoms with E-state index in [2.05, 4.69) is 26.8 Å². The molecule has 96 valence electrons. The van der Waals surface area contributed by atoms with E-state index in [0.717, 1.165) is 34.5 Å². The molecule has 19 heavy (non-hydrogen) atoms. The Morgan fingerprint density at radius 3 is 2.89 bits per heavy atom. The molecule has 2 N–H and O–H groups in total. The second-order valence-corrected chi connectivity index (χ2v) is 4.63. The molecule has 0 saturated heterocycles. The molecule has 0 radical (unpaired) electrons. The Bertz CT molecular complexity index is 715. The highest BCUT2D eigenvalue weighted by Crippen LogP contribution is 2.19. The van der Waals surface area contributed by atoms with Gasteiger partial charge in [0.1, 0.15) is 5.65 Å². The fourth-order valence-electron chi connectivity index (χ4n) is 2.34. The zero-order valence-corrected chi connectivity index (χ0v) is 10.9. The smallest absolute Gasteiger partial charge is 0.140 e. The molecule has 0 aliphatic carbocycles. The van der Waals surface area contributed by atoms with Crippen molar-refractivity contribution in [3.05, 3.63) is 59.7 Å². The van der Waals surface area contributed by atoms with Crippen LogP contribution in [0.25, 0.3) is 11.0 Å². The summed E-state index contributed by atoms with van der Waals surface area (Å²) in [6, 6.07) is 10.1. The van der Waals surface area contributed by atoms with Gasteiger partial charge in [-0.2, -0.15) is 0 Å². The molecule has 4 heteroatoms. The summed E-state index contributed by atoms with van der Waals surface area (Å²) in [6.07, 6.45) is 3.88. The second kappa shape index (κ2) is 4.82. The van der Waals surface area contributed by atoms with Gasteiger partial charge in [0.25, 0.3) is 0 Å². The molecular formula is C15H16N4. The molecule has 3 aromatic heterocycles. The lowest BCUT2D eigenvalue weighted by Crippen LogP contribution is -2.02. The van der Waals surface area contributed by atoms with Gasteiger partial charge in [-0.1, -0.05) is 6.07 Å². The van der Waals surface area contributed by atoms with Crippen LogP contribution in [0.3, 0.4) is 0 Å². The Morgan fingerprint density at radius 1 is 1.21 bits per heavy atom. The second-order valence-electron chi connectivity index (χ2n) is 4.63. The van der Waals surface area contributed by atoms with E-state index in [1.807, 2.05) is 37.4 Å². The van der Waals surface area contributed by atoms with Crippen LogP contribution in [-0.2, 0) is 13.1 Å². The lowest BCUT2D eigenvalue weighted by Gasteiger charge is -2.04. The molecule has 0 aliphatic heterocycles. The first kappa shape index (κ1) is 11.9. The van der Waals surface area contributed by atoms with Crippen molar-refractivity contribution in [1.29, 1.82) is 0 Å². The van der Waals surface area contributed by atoms with Crippen molar-refractivity contribution >= 4 is 11.0 Å². The van der Waals surface area contributed by atoms with Crippen LogP contribution in [0.2, 0.25) is 0 Å². The van der Waals surface area contributed by atoms with Gasteiger partial charge in [0.2, 0.25) is 0 Å². The number of nitrogens with zero attached hydrogens (tertiary/aromatic N) is 3. The molecule has 0 fully saturated rings. The molecular weight excluding hydrogens is 236 g/mol. The number of hydrogen-bond acceptors (Lipinski definition) is 3. The van der Waals surface area contributed by atoms with Crippen LogP contribution in [0.15, 0.2) is 42.7 Å². The van der Waals surface area contributed by atoms with Crippen LogP contribution in [0, 0.1) is 6.92 Å². The van der Waals surface area contributed by atoms with Gasteiger partial charge in [-0.15, -0.1) is 0 Å². The fourth-order valence-corrected chi connectivity index (χ4v) is 2.34. The van der Waals surface area contributed by atoms with E-state index in [1.165, 1.54) is 0 Å². The molecule has 0 spiro atoms. The number of aryl methyl sites for hydroxylation is 1. The molecule has 0 aliphatic rings. The molecule has 3 aromatic rings. The molecule has 0 unspecified atom stereocenters. The van der Waals surface area contributed by atoms with E-state index in [0.29, 0.717) is 6.54 Å². The maximum Gasteiger partial charge on any atom is 0.140 e. The number of aromatic nitrogens is 3. The quantitative estimate of drug-likeness (QED) is 0.777. The molecule has 0 amide bonds. The highest BCUT2D eigenvalue weighted by molar-refractivity contribution is 5.80. The zero-order valence-electron chi connectivity index (χ0n) is 10.9. The lowest BCUT2D eigenvalue weighted by molar-refractivity contribution is 0.789. The molecule has 0 aromatic carbocycles. The Morgan fingerprint density at radius 2 is 2.11 bits per heavy atom. The topological polar surface area (TPSA) is 56.7 Å². The number of rotatable bonds is 3. The third kappa shape index (κ3) is 2.22. The predicted molar refractivity (Wildman–Crippen MR) is 75.7 cm³/mol. The first-order valence-corrected chi connectivity index (χ1v) is 6.33. The number of nitrogens with two attached hydrogens (primary N) is 1. The number of fused-ring (bicyclic) bond motifs is 1. The molecule has 4 nitrogen and oxygen atoms in total. The van der Waals surface area contributed by atoms with Gasteiger partial charge in [0.05, 0.1) is 12.2 Å². The zero-order chi connectivity index (χ0) is 13.2. The first-order valence-electron chi connectivity index (χ1n) is 6.33.